The number of ether oxygens (including phenoxy) is 2. The van der Waals surface area contributed by atoms with Gasteiger partial charge in [-0.05, 0) is 43.4 Å². The van der Waals surface area contributed by atoms with Crippen LogP contribution in [0.3, 0.4) is 0 Å². The number of thiophene rings is 1. The lowest BCUT2D eigenvalue weighted by Crippen LogP contribution is -2.24. The second-order valence-corrected chi connectivity index (χ2v) is 10.1. The minimum Gasteiger partial charge on any atom is -0.485 e. The van der Waals surface area contributed by atoms with Crippen LogP contribution in [0.1, 0.15) is 47.2 Å². The maximum absolute atomic E-state index is 12.5. The molecule has 0 saturated carbocycles. The highest BCUT2D eigenvalue weighted by Crippen LogP contribution is 2.38. The summed E-state index contributed by atoms with van der Waals surface area (Å²) in [6.45, 7) is 0.363. The molecule has 1 aliphatic heterocycles. The van der Waals surface area contributed by atoms with Crippen LogP contribution in [0.15, 0.2) is 29.4 Å². The standard InChI is InChI=1S/C23H23N5O3S2/c1-28-21(18-13-30-16-7-3-4-8-17(16)31-18)26-27-23(28)32-11-10-20(29)25-22-15(12-24)14-6-2-5-9-19(14)33-22/h3-4,7-8,18H,2,5-6,9-11,13H2,1H3,(H,25,29)/t18-/m1/s1. The number of amides is 1. The lowest BCUT2D eigenvalue weighted by molar-refractivity contribution is -0.115. The average Bonchev–Trinajstić information content (AvgIpc) is 3.38. The number of anilines is 1. The van der Waals surface area contributed by atoms with Crippen LogP contribution < -0.4 is 14.8 Å². The minimum atomic E-state index is -0.343. The molecule has 0 radical (unpaired) electrons. The van der Waals surface area contributed by atoms with Crippen molar-refractivity contribution >= 4 is 34.0 Å². The van der Waals surface area contributed by atoms with Gasteiger partial charge in [0, 0.05) is 24.1 Å². The molecular weight excluding hydrogens is 458 g/mol. The largest absolute Gasteiger partial charge is 0.485 e. The highest BCUT2D eigenvalue weighted by atomic mass is 32.2. The number of thioether (sulfide) groups is 1. The third-order valence-electron chi connectivity index (χ3n) is 5.76. The van der Waals surface area contributed by atoms with Crippen LogP contribution in [0.25, 0.3) is 0 Å². The van der Waals surface area contributed by atoms with E-state index in [-0.39, 0.29) is 12.0 Å². The number of carbonyl (C=O) groups excluding carboxylic acids is 1. The molecule has 10 heteroatoms. The first-order valence-corrected chi connectivity index (χ1v) is 12.7. The Morgan fingerprint density at radius 1 is 1.30 bits per heavy atom. The summed E-state index contributed by atoms with van der Waals surface area (Å²) in [5, 5.41) is 22.5. The molecule has 1 N–H and O–H groups in total. The van der Waals surface area contributed by atoms with Crippen LogP contribution in [0.4, 0.5) is 5.00 Å². The Balaban J connectivity index is 1.17. The molecule has 0 fully saturated rings. The van der Waals surface area contributed by atoms with Crippen molar-refractivity contribution in [2.24, 2.45) is 7.05 Å². The van der Waals surface area contributed by atoms with Crippen molar-refractivity contribution in [2.75, 3.05) is 17.7 Å². The van der Waals surface area contributed by atoms with Crippen molar-refractivity contribution < 1.29 is 14.3 Å². The zero-order chi connectivity index (χ0) is 22.8. The zero-order valence-electron chi connectivity index (χ0n) is 18.2. The van der Waals surface area contributed by atoms with Gasteiger partial charge in [-0.1, -0.05) is 23.9 Å². The fourth-order valence-corrected chi connectivity index (χ4v) is 6.19. The van der Waals surface area contributed by atoms with E-state index >= 15 is 0 Å². The quantitative estimate of drug-likeness (QED) is 0.525. The van der Waals surface area contributed by atoms with Crippen LogP contribution in [0.5, 0.6) is 11.5 Å². The Morgan fingerprint density at radius 2 is 2.12 bits per heavy atom. The van der Waals surface area contributed by atoms with Gasteiger partial charge < -0.3 is 19.4 Å². The van der Waals surface area contributed by atoms with Gasteiger partial charge in [-0.3, -0.25) is 4.79 Å². The number of aromatic nitrogens is 3. The van der Waals surface area contributed by atoms with Gasteiger partial charge in [-0.25, -0.2) is 0 Å². The zero-order valence-corrected chi connectivity index (χ0v) is 19.8. The monoisotopic (exact) mass is 481 g/mol. The lowest BCUT2D eigenvalue weighted by atomic mass is 9.96. The Labute approximate surface area is 199 Å². The molecule has 1 atom stereocenters. The summed E-state index contributed by atoms with van der Waals surface area (Å²) < 4.78 is 13.7. The van der Waals surface area contributed by atoms with E-state index in [1.165, 1.54) is 16.6 Å². The molecule has 0 bridgehead atoms. The topological polar surface area (TPSA) is 102 Å². The third kappa shape index (κ3) is 4.43. The normalized spacial score (nSPS) is 16.7. The van der Waals surface area contributed by atoms with E-state index in [0.29, 0.717) is 46.1 Å². The fraction of sp³-hybridized carbons (Fsp3) is 0.391. The van der Waals surface area contributed by atoms with E-state index in [4.69, 9.17) is 9.47 Å². The summed E-state index contributed by atoms with van der Waals surface area (Å²) in [6, 6.07) is 9.84. The molecule has 0 spiro atoms. The van der Waals surface area contributed by atoms with Crippen molar-refractivity contribution in [3.8, 4) is 17.6 Å². The van der Waals surface area contributed by atoms with E-state index < -0.39 is 0 Å². The number of nitrogens with zero attached hydrogens (tertiary/aromatic N) is 4. The molecular formula is C23H23N5O3S2. The molecule has 33 heavy (non-hydrogen) atoms. The number of fused-ring (bicyclic) bond motifs is 2. The second-order valence-electron chi connectivity index (χ2n) is 7.94. The van der Waals surface area contributed by atoms with Crippen LogP contribution in [-0.4, -0.2) is 33.0 Å². The maximum Gasteiger partial charge on any atom is 0.225 e. The van der Waals surface area contributed by atoms with Crippen molar-refractivity contribution in [1.29, 1.82) is 5.26 Å². The molecule has 8 nitrogen and oxygen atoms in total. The lowest BCUT2D eigenvalue weighted by Gasteiger charge is -2.25. The molecule has 1 aliphatic carbocycles. The summed E-state index contributed by atoms with van der Waals surface area (Å²) >= 11 is 3.01. The Morgan fingerprint density at radius 3 is 2.97 bits per heavy atom. The first-order chi connectivity index (χ1) is 16.1. The first-order valence-electron chi connectivity index (χ1n) is 10.9. The molecule has 2 aliphatic rings. The summed E-state index contributed by atoms with van der Waals surface area (Å²) in [7, 11) is 1.89. The van der Waals surface area contributed by atoms with Gasteiger partial charge >= 0.3 is 0 Å². The second kappa shape index (κ2) is 9.45. The molecule has 3 heterocycles. The van der Waals surface area contributed by atoms with Gasteiger partial charge in [-0.15, -0.1) is 21.5 Å². The van der Waals surface area contributed by atoms with E-state index in [9.17, 15) is 10.1 Å². The van der Waals surface area contributed by atoms with Crippen molar-refractivity contribution in [3.05, 3.63) is 46.1 Å². The van der Waals surface area contributed by atoms with E-state index in [0.717, 1.165) is 37.0 Å². The van der Waals surface area contributed by atoms with Crippen LogP contribution in [0, 0.1) is 11.3 Å². The number of rotatable bonds is 6. The van der Waals surface area contributed by atoms with Crippen LogP contribution in [0.2, 0.25) is 0 Å². The molecule has 3 aromatic rings. The number of benzene rings is 1. The van der Waals surface area contributed by atoms with Gasteiger partial charge in [0.2, 0.25) is 5.91 Å². The Kier molecular flexibility index (Phi) is 6.24. The predicted molar refractivity (Wildman–Crippen MR) is 126 cm³/mol. The molecule has 0 unspecified atom stereocenters. The molecule has 0 saturated heterocycles. The highest BCUT2D eigenvalue weighted by molar-refractivity contribution is 7.99. The SMILES string of the molecule is Cn1c(SCCC(=O)Nc2sc3c(c2C#N)CCCC3)nnc1[C@H]1COc2ccccc2O1. The van der Waals surface area contributed by atoms with Gasteiger partial charge in [0.25, 0.3) is 0 Å². The fourth-order valence-electron chi connectivity index (χ4n) is 4.08. The number of nitrogens with one attached hydrogen (secondary N) is 1. The average molecular weight is 482 g/mol. The number of nitriles is 1. The smallest absolute Gasteiger partial charge is 0.225 e. The summed E-state index contributed by atoms with van der Waals surface area (Å²) in [6.07, 6.45) is 4.15. The number of hydrogen-bond donors (Lipinski definition) is 1. The Hall–Kier alpha value is -3.03. The first kappa shape index (κ1) is 21.8. The summed E-state index contributed by atoms with van der Waals surface area (Å²) in [4.78, 5) is 13.8. The summed E-state index contributed by atoms with van der Waals surface area (Å²) in [5.41, 5.74) is 1.77. The number of carbonyl (C=O) groups is 1. The van der Waals surface area contributed by atoms with E-state index in [1.54, 1.807) is 11.3 Å². The Bertz CT molecular complexity index is 1230. The third-order valence-corrected chi connectivity index (χ3v) is 7.99. The maximum atomic E-state index is 12.5. The van der Waals surface area contributed by atoms with E-state index in [1.807, 2.05) is 35.9 Å². The van der Waals surface area contributed by atoms with Crippen molar-refractivity contribution in [3.63, 3.8) is 0 Å². The van der Waals surface area contributed by atoms with Gasteiger partial charge in [-0.2, -0.15) is 5.26 Å². The number of para-hydroxylation sites is 2. The molecule has 170 valence electrons. The van der Waals surface area contributed by atoms with Crippen LogP contribution >= 0.6 is 23.1 Å². The van der Waals surface area contributed by atoms with Gasteiger partial charge in [0.1, 0.15) is 17.7 Å². The minimum absolute atomic E-state index is 0.0967. The molecule has 5 rings (SSSR count). The molecule has 1 aromatic carbocycles. The predicted octanol–water partition coefficient (Wildman–Crippen LogP) is 4.26. The number of hydrogen-bond acceptors (Lipinski definition) is 8. The van der Waals surface area contributed by atoms with E-state index in [2.05, 4.69) is 21.6 Å². The van der Waals surface area contributed by atoms with Gasteiger partial charge in [0.15, 0.2) is 28.6 Å². The van der Waals surface area contributed by atoms with Gasteiger partial charge in [0.05, 0.1) is 5.56 Å². The van der Waals surface area contributed by atoms with Crippen LogP contribution in [-0.2, 0) is 24.7 Å². The number of aryl methyl sites for hydroxylation is 1. The summed E-state index contributed by atoms with van der Waals surface area (Å²) in [5.74, 6) is 2.55. The highest BCUT2D eigenvalue weighted by Gasteiger charge is 2.27. The molecule has 2 aromatic heterocycles. The van der Waals surface area contributed by atoms with Crippen molar-refractivity contribution in [2.45, 2.75) is 43.4 Å². The molecule has 1 amide bonds. The van der Waals surface area contributed by atoms with Crippen molar-refractivity contribution in [1.82, 2.24) is 14.8 Å².